The largest absolute Gasteiger partial charge is 0.302 e. The molecule has 0 radical (unpaired) electrons. The molecule has 6 heteroatoms. The van der Waals surface area contributed by atoms with Crippen LogP contribution in [-0.2, 0) is 10.0 Å². The highest BCUT2D eigenvalue weighted by atomic mass is 35.5. The molecule has 0 aromatic carbocycles. The lowest BCUT2D eigenvalue weighted by Gasteiger charge is -2.34. The Morgan fingerprint density at radius 2 is 2.18 bits per heavy atom. The molecule has 102 valence electrons. The molecule has 4 nitrogen and oxygen atoms in total. The maximum absolute atomic E-state index is 11.5. The van der Waals surface area contributed by atoms with Crippen molar-refractivity contribution in [2.75, 3.05) is 38.8 Å². The summed E-state index contributed by atoms with van der Waals surface area (Å²) in [6.45, 7) is 4.33. The standard InChI is InChI=1S/C11H23ClN2O2S/c1-10(7-12)13(2)8-11-5-4-6-14(9-11)17(3,15)16/h10-11H,4-9H2,1-3H3. The van der Waals surface area contributed by atoms with Crippen LogP contribution in [0.1, 0.15) is 19.8 Å². The zero-order valence-corrected chi connectivity index (χ0v) is 12.5. The topological polar surface area (TPSA) is 40.6 Å². The van der Waals surface area contributed by atoms with Gasteiger partial charge >= 0.3 is 0 Å². The van der Waals surface area contributed by atoms with Crippen LogP contribution < -0.4 is 0 Å². The second-order valence-electron chi connectivity index (χ2n) is 5.07. The summed E-state index contributed by atoms with van der Waals surface area (Å²) in [5.41, 5.74) is 0. The highest BCUT2D eigenvalue weighted by molar-refractivity contribution is 7.88. The van der Waals surface area contributed by atoms with Crippen molar-refractivity contribution in [1.29, 1.82) is 0 Å². The molecule has 1 aliphatic heterocycles. The first kappa shape index (κ1) is 15.2. The van der Waals surface area contributed by atoms with Crippen LogP contribution in [0.5, 0.6) is 0 Å². The number of halogens is 1. The fourth-order valence-corrected chi connectivity index (χ4v) is 3.36. The summed E-state index contributed by atoms with van der Waals surface area (Å²) >= 11 is 5.82. The zero-order valence-electron chi connectivity index (χ0n) is 10.9. The van der Waals surface area contributed by atoms with Crippen LogP contribution in [0.15, 0.2) is 0 Å². The van der Waals surface area contributed by atoms with Crippen LogP contribution in [0, 0.1) is 5.92 Å². The van der Waals surface area contributed by atoms with E-state index < -0.39 is 10.0 Å². The van der Waals surface area contributed by atoms with Crippen LogP contribution >= 0.6 is 11.6 Å². The maximum Gasteiger partial charge on any atom is 0.211 e. The van der Waals surface area contributed by atoms with E-state index in [0.717, 1.165) is 19.4 Å². The van der Waals surface area contributed by atoms with Crippen molar-refractivity contribution >= 4 is 21.6 Å². The third-order valence-corrected chi connectivity index (χ3v) is 5.19. The van der Waals surface area contributed by atoms with Gasteiger partial charge in [-0.05, 0) is 32.7 Å². The quantitative estimate of drug-likeness (QED) is 0.712. The molecular weight excluding hydrogens is 260 g/mol. The molecule has 0 aliphatic carbocycles. The summed E-state index contributed by atoms with van der Waals surface area (Å²) in [6, 6.07) is 0.338. The molecule has 0 aromatic rings. The number of rotatable bonds is 5. The monoisotopic (exact) mass is 282 g/mol. The average Bonchev–Trinajstić information content (AvgIpc) is 2.27. The van der Waals surface area contributed by atoms with Crippen LogP contribution in [0.3, 0.4) is 0 Å². The lowest BCUT2D eigenvalue weighted by molar-refractivity contribution is 0.179. The van der Waals surface area contributed by atoms with E-state index in [-0.39, 0.29) is 0 Å². The van der Waals surface area contributed by atoms with Gasteiger partial charge in [0, 0.05) is 31.6 Å². The molecule has 2 atom stereocenters. The Balaban J connectivity index is 2.50. The van der Waals surface area contributed by atoms with Crippen molar-refractivity contribution in [3.05, 3.63) is 0 Å². The van der Waals surface area contributed by atoms with E-state index in [1.165, 1.54) is 6.26 Å². The van der Waals surface area contributed by atoms with Gasteiger partial charge in [-0.1, -0.05) is 0 Å². The number of hydrogen-bond donors (Lipinski definition) is 0. The summed E-state index contributed by atoms with van der Waals surface area (Å²) in [4.78, 5) is 2.21. The van der Waals surface area contributed by atoms with Gasteiger partial charge in [0.2, 0.25) is 10.0 Å². The molecule has 0 spiro atoms. The summed E-state index contributed by atoms with van der Waals surface area (Å²) in [7, 11) is -0.984. The first-order valence-corrected chi connectivity index (χ1v) is 8.44. The van der Waals surface area contributed by atoms with Crippen LogP contribution in [0.2, 0.25) is 0 Å². The SMILES string of the molecule is CC(CCl)N(C)CC1CCCN(S(C)(=O)=O)C1. The van der Waals surface area contributed by atoms with Gasteiger partial charge in [-0.2, -0.15) is 0 Å². The molecule has 0 aromatic heterocycles. The molecule has 1 rings (SSSR count). The summed E-state index contributed by atoms with van der Waals surface area (Å²) in [5, 5.41) is 0. The van der Waals surface area contributed by atoms with Crippen molar-refractivity contribution in [1.82, 2.24) is 9.21 Å². The minimum atomic E-state index is -3.03. The summed E-state index contributed by atoms with van der Waals surface area (Å²) < 4.78 is 24.6. The predicted molar refractivity (Wildman–Crippen MR) is 72.0 cm³/mol. The first-order valence-electron chi connectivity index (χ1n) is 6.06. The minimum Gasteiger partial charge on any atom is -0.302 e. The Hall–Kier alpha value is 0.160. The molecule has 0 amide bonds. The van der Waals surface area contributed by atoms with Gasteiger partial charge in [0.15, 0.2) is 0 Å². The molecule has 1 aliphatic rings. The molecule has 1 saturated heterocycles. The van der Waals surface area contributed by atoms with E-state index in [1.807, 2.05) is 7.05 Å². The van der Waals surface area contributed by atoms with Crippen molar-refractivity contribution in [2.45, 2.75) is 25.8 Å². The Morgan fingerprint density at radius 3 is 2.71 bits per heavy atom. The lowest BCUT2D eigenvalue weighted by atomic mass is 9.99. The lowest BCUT2D eigenvalue weighted by Crippen LogP contribution is -2.44. The summed E-state index contributed by atoms with van der Waals surface area (Å²) in [5.74, 6) is 1.04. The minimum absolute atomic E-state index is 0.338. The third-order valence-electron chi connectivity index (χ3n) is 3.47. The van der Waals surface area contributed by atoms with E-state index in [9.17, 15) is 8.42 Å². The normalized spacial score (nSPS) is 25.1. The van der Waals surface area contributed by atoms with Crippen LogP contribution in [0.4, 0.5) is 0 Å². The fraction of sp³-hybridized carbons (Fsp3) is 1.00. The first-order chi connectivity index (χ1) is 7.84. The zero-order chi connectivity index (χ0) is 13.1. The van der Waals surface area contributed by atoms with Crippen molar-refractivity contribution in [2.24, 2.45) is 5.92 Å². The number of sulfonamides is 1. The van der Waals surface area contributed by atoms with Gasteiger partial charge in [0.05, 0.1) is 6.26 Å². The number of alkyl halides is 1. The maximum atomic E-state index is 11.5. The van der Waals surface area contributed by atoms with E-state index in [2.05, 4.69) is 11.8 Å². The average molecular weight is 283 g/mol. The second-order valence-corrected chi connectivity index (χ2v) is 7.36. The molecule has 17 heavy (non-hydrogen) atoms. The number of piperidine rings is 1. The molecule has 2 unspecified atom stereocenters. The third kappa shape index (κ3) is 4.73. The van der Waals surface area contributed by atoms with Crippen molar-refractivity contribution < 1.29 is 8.42 Å². The summed E-state index contributed by atoms with van der Waals surface area (Å²) in [6.07, 6.45) is 3.35. The predicted octanol–water partition coefficient (Wildman–Crippen LogP) is 1.22. The van der Waals surface area contributed by atoms with Gasteiger partial charge in [-0.15, -0.1) is 11.6 Å². The van der Waals surface area contributed by atoms with Gasteiger partial charge < -0.3 is 4.90 Å². The number of nitrogens with zero attached hydrogens (tertiary/aromatic N) is 2. The fourth-order valence-electron chi connectivity index (χ4n) is 2.18. The van der Waals surface area contributed by atoms with Gasteiger partial charge in [0.1, 0.15) is 0 Å². The van der Waals surface area contributed by atoms with Crippen molar-refractivity contribution in [3.63, 3.8) is 0 Å². The van der Waals surface area contributed by atoms with Gasteiger partial charge in [0.25, 0.3) is 0 Å². The Kier molecular flexibility index (Phi) is 5.70. The van der Waals surface area contributed by atoms with Crippen molar-refractivity contribution in [3.8, 4) is 0 Å². The van der Waals surface area contributed by atoms with E-state index in [1.54, 1.807) is 4.31 Å². The molecule has 1 heterocycles. The highest BCUT2D eigenvalue weighted by Gasteiger charge is 2.27. The molecule has 1 fully saturated rings. The number of hydrogen-bond acceptors (Lipinski definition) is 3. The van der Waals surface area contributed by atoms with E-state index in [4.69, 9.17) is 11.6 Å². The second kappa shape index (κ2) is 6.36. The van der Waals surface area contributed by atoms with Crippen LogP contribution in [-0.4, -0.2) is 62.5 Å². The Labute approximate surface area is 110 Å². The van der Waals surface area contributed by atoms with Gasteiger partial charge in [-0.25, -0.2) is 12.7 Å². The van der Waals surface area contributed by atoms with E-state index in [0.29, 0.717) is 30.9 Å². The molecule has 0 saturated carbocycles. The van der Waals surface area contributed by atoms with Gasteiger partial charge in [-0.3, -0.25) is 0 Å². The molecule has 0 bridgehead atoms. The van der Waals surface area contributed by atoms with E-state index >= 15 is 0 Å². The molecule has 0 N–H and O–H groups in total. The molecular formula is C11H23ClN2O2S. The highest BCUT2D eigenvalue weighted by Crippen LogP contribution is 2.20. The Morgan fingerprint density at radius 1 is 1.53 bits per heavy atom. The van der Waals surface area contributed by atoms with Crippen LogP contribution in [0.25, 0.3) is 0 Å². The smallest absolute Gasteiger partial charge is 0.211 e. The Bertz CT molecular complexity index is 334.